The van der Waals surface area contributed by atoms with E-state index in [4.69, 9.17) is 4.74 Å². The molecule has 4 rings (SSSR count). The quantitative estimate of drug-likeness (QED) is 0.736. The Bertz CT molecular complexity index is 972. The Hall–Kier alpha value is -3.00. The van der Waals surface area contributed by atoms with Crippen LogP contribution in [-0.2, 0) is 14.4 Å². The minimum atomic E-state index is -0.793. The Morgan fingerprint density at radius 1 is 1.10 bits per heavy atom. The van der Waals surface area contributed by atoms with Gasteiger partial charge in [-0.15, -0.1) is 11.8 Å². The number of rotatable bonds is 4. The summed E-state index contributed by atoms with van der Waals surface area (Å²) >= 11 is 1.28. The summed E-state index contributed by atoms with van der Waals surface area (Å²) in [5.74, 6) is -0.146. The molecule has 2 aromatic rings. The lowest BCUT2D eigenvalue weighted by Gasteiger charge is -2.34. The number of likely N-dealkylation sites (tertiary alicyclic amines) is 1. The van der Waals surface area contributed by atoms with E-state index in [1.54, 1.807) is 24.1 Å². The molecule has 0 unspecified atom stereocenters. The number of para-hydroxylation sites is 3. The van der Waals surface area contributed by atoms with Gasteiger partial charge in [0.05, 0.1) is 18.5 Å². The molecule has 0 spiro atoms. The van der Waals surface area contributed by atoms with Crippen molar-refractivity contribution in [2.24, 2.45) is 5.92 Å². The average molecular weight is 426 g/mol. The van der Waals surface area contributed by atoms with Gasteiger partial charge in [0.1, 0.15) is 5.75 Å². The number of carbonyl (C=O) groups excluding carboxylic acids is 3. The maximum absolute atomic E-state index is 13.0. The molecule has 1 saturated heterocycles. The lowest BCUT2D eigenvalue weighted by Crippen LogP contribution is -2.48. The summed E-state index contributed by atoms with van der Waals surface area (Å²) in [6.45, 7) is 0.906. The number of hydrogen-bond acceptors (Lipinski definition) is 5. The van der Waals surface area contributed by atoms with Crippen LogP contribution in [0.3, 0.4) is 0 Å². The van der Waals surface area contributed by atoms with Crippen LogP contribution in [0.15, 0.2) is 53.4 Å². The van der Waals surface area contributed by atoms with Crippen molar-refractivity contribution >= 4 is 40.9 Å². The van der Waals surface area contributed by atoms with E-state index in [1.807, 2.05) is 36.4 Å². The first-order chi connectivity index (χ1) is 14.6. The monoisotopic (exact) mass is 425 g/mol. The minimum absolute atomic E-state index is 0.0784. The number of fused-ring (bicyclic) bond motifs is 1. The number of nitrogens with one attached hydrogen (secondary N) is 2. The zero-order valence-corrected chi connectivity index (χ0v) is 17.4. The first kappa shape index (κ1) is 20.3. The molecule has 30 heavy (non-hydrogen) atoms. The van der Waals surface area contributed by atoms with Crippen molar-refractivity contribution in [1.29, 1.82) is 0 Å². The van der Waals surface area contributed by atoms with Gasteiger partial charge >= 0.3 is 0 Å². The Kier molecular flexibility index (Phi) is 5.94. The topological polar surface area (TPSA) is 87.7 Å². The summed E-state index contributed by atoms with van der Waals surface area (Å²) in [5, 5.41) is 4.94. The van der Waals surface area contributed by atoms with Crippen LogP contribution in [0.1, 0.15) is 12.8 Å². The van der Waals surface area contributed by atoms with Gasteiger partial charge in [0.25, 0.3) is 0 Å². The van der Waals surface area contributed by atoms with Crippen molar-refractivity contribution in [2.45, 2.75) is 23.0 Å². The van der Waals surface area contributed by atoms with E-state index in [0.717, 1.165) is 10.6 Å². The molecule has 2 aliphatic rings. The Morgan fingerprint density at radius 2 is 1.80 bits per heavy atom. The first-order valence-electron chi connectivity index (χ1n) is 9.86. The standard InChI is InChI=1S/C22H23N3O4S/c1-29-17-8-4-2-6-15(17)23-20(26)14-10-12-25(13-11-14)22(28)19-21(27)24-16-7-3-5-9-18(16)30-19/h2-9,14,19H,10-13H2,1H3,(H,23,26)(H,24,27)/t19-/m0/s1. The molecule has 0 aliphatic carbocycles. The van der Waals surface area contributed by atoms with Crippen LogP contribution in [-0.4, -0.2) is 48.1 Å². The van der Waals surface area contributed by atoms with E-state index in [2.05, 4.69) is 10.6 Å². The highest BCUT2D eigenvalue weighted by Gasteiger charge is 2.37. The average Bonchev–Trinajstić information content (AvgIpc) is 2.78. The van der Waals surface area contributed by atoms with Crippen LogP contribution in [0.5, 0.6) is 5.75 Å². The maximum atomic E-state index is 13.0. The molecule has 156 valence electrons. The molecule has 1 atom stereocenters. The number of thioether (sulfide) groups is 1. The van der Waals surface area contributed by atoms with Crippen molar-refractivity contribution in [3.63, 3.8) is 0 Å². The van der Waals surface area contributed by atoms with E-state index < -0.39 is 5.25 Å². The van der Waals surface area contributed by atoms with Crippen LogP contribution in [0.4, 0.5) is 11.4 Å². The van der Waals surface area contributed by atoms with Gasteiger partial charge in [-0.3, -0.25) is 14.4 Å². The number of ether oxygens (including phenoxy) is 1. The highest BCUT2D eigenvalue weighted by Crippen LogP contribution is 2.36. The number of benzene rings is 2. The molecule has 3 amide bonds. The SMILES string of the molecule is COc1ccccc1NC(=O)C1CCN(C(=O)[C@H]2Sc3ccccc3NC2=O)CC1. The Balaban J connectivity index is 1.35. The maximum Gasteiger partial charge on any atom is 0.247 e. The molecule has 0 saturated carbocycles. The second-order valence-electron chi connectivity index (χ2n) is 7.27. The zero-order chi connectivity index (χ0) is 21.1. The largest absolute Gasteiger partial charge is 0.495 e. The van der Waals surface area contributed by atoms with Crippen LogP contribution in [0.2, 0.25) is 0 Å². The van der Waals surface area contributed by atoms with Gasteiger partial charge in [-0.25, -0.2) is 0 Å². The molecule has 8 heteroatoms. The molecule has 1 fully saturated rings. The molecule has 0 bridgehead atoms. The summed E-state index contributed by atoms with van der Waals surface area (Å²) in [6, 6.07) is 14.7. The van der Waals surface area contributed by atoms with Gasteiger partial charge in [0.2, 0.25) is 17.7 Å². The summed E-state index contributed by atoms with van der Waals surface area (Å²) in [6.07, 6.45) is 1.12. The first-order valence-corrected chi connectivity index (χ1v) is 10.7. The van der Waals surface area contributed by atoms with Gasteiger partial charge in [-0.2, -0.15) is 0 Å². The summed E-state index contributed by atoms with van der Waals surface area (Å²) in [5.41, 5.74) is 1.38. The number of nitrogens with zero attached hydrogens (tertiary/aromatic N) is 1. The molecular formula is C22H23N3O4S. The van der Waals surface area contributed by atoms with Crippen molar-refractivity contribution in [3.8, 4) is 5.75 Å². The van der Waals surface area contributed by atoms with Gasteiger partial charge in [-0.05, 0) is 37.1 Å². The van der Waals surface area contributed by atoms with E-state index in [1.165, 1.54) is 11.8 Å². The Labute approximate surface area is 179 Å². The summed E-state index contributed by atoms with van der Waals surface area (Å²) < 4.78 is 5.28. The van der Waals surface area contributed by atoms with E-state index >= 15 is 0 Å². The number of hydrogen-bond donors (Lipinski definition) is 2. The minimum Gasteiger partial charge on any atom is -0.495 e. The third-order valence-corrected chi connectivity index (χ3v) is 6.66. The molecular weight excluding hydrogens is 402 g/mol. The third kappa shape index (κ3) is 4.14. The third-order valence-electron chi connectivity index (χ3n) is 5.39. The number of anilines is 2. The predicted molar refractivity (Wildman–Crippen MR) is 116 cm³/mol. The van der Waals surface area contributed by atoms with Crippen LogP contribution < -0.4 is 15.4 Å². The Morgan fingerprint density at radius 3 is 2.57 bits per heavy atom. The molecule has 2 N–H and O–H groups in total. The van der Waals surface area contributed by atoms with Gasteiger partial charge in [0, 0.05) is 23.9 Å². The molecule has 0 radical (unpaired) electrons. The van der Waals surface area contributed by atoms with Gasteiger partial charge < -0.3 is 20.3 Å². The van der Waals surface area contributed by atoms with Crippen LogP contribution in [0.25, 0.3) is 0 Å². The van der Waals surface area contributed by atoms with Crippen molar-refractivity contribution in [3.05, 3.63) is 48.5 Å². The molecule has 2 aliphatic heterocycles. The summed E-state index contributed by atoms with van der Waals surface area (Å²) in [4.78, 5) is 40.6. The predicted octanol–water partition coefficient (Wildman–Crippen LogP) is 2.99. The lowest BCUT2D eigenvalue weighted by molar-refractivity contribution is -0.136. The number of piperidine rings is 1. The highest BCUT2D eigenvalue weighted by molar-refractivity contribution is 8.01. The van der Waals surface area contributed by atoms with Crippen molar-refractivity contribution < 1.29 is 19.1 Å². The molecule has 2 aromatic carbocycles. The molecule has 7 nitrogen and oxygen atoms in total. The van der Waals surface area contributed by atoms with Gasteiger partial charge in [-0.1, -0.05) is 24.3 Å². The molecule has 2 heterocycles. The van der Waals surface area contributed by atoms with Crippen LogP contribution in [0, 0.1) is 5.92 Å². The second kappa shape index (κ2) is 8.79. The van der Waals surface area contributed by atoms with Crippen molar-refractivity contribution in [2.75, 3.05) is 30.8 Å². The smallest absolute Gasteiger partial charge is 0.247 e. The van der Waals surface area contributed by atoms with E-state index in [-0.39, 0.29) is 23.6 Å². The van der Waals surface area contributed by atoms with Crippen LogP contribution >= 0.6 is 11.8 Å². The van der Waals surface area contributed by atoms with Gasteiger partial charge in [0.15, 0.2) is 5.25 Å². The fourth-order valence-corrected chi connectivity index (χ4v) is 4.80. The fourth-order valence-electron chi connectivity index (χ4n) is 3.72. The second-order valence-corrected chi connectivity index (χ2v) is 8.42. The summed E-state index contributed by atoms with van der Waals surface area (Å²) in [7, 11) is 1.56. The normalized spacial score (nSPS) is 18.9. The number of methoxy groups -OCH3 is 1. The van der Waals surface area contributed by atoms with E-state index in [9.17, 15) is 14.4 Å². The zero-order valence-electron chi connectivity index (χ0n) is 16.6. The van der Waals surface area contributed by atoms with Crippen molar-refractivity contribution in [1.82, 2.24) is 4.90 Å². The number of amides is 3. The number of carbonyl (C=O) groups is 3. The fraction of sp³-hybridized carbons (Fsp3) is 0.318. The highest BCUT2D eigenvalue weighted by atomic mass is 32.2. The van der Waals surface area contributed by atoms with E-state index in [0.29, 0.717) is 37.4 Å². The molecule has 0 aromatic heterocycles. The lowest BCUT2D eigenvalue weighted by atomic mass is 9.95.